The van der Waals surface area contributed by atoms with E-state index in [4.69, 9.17) is 10.5 Å². The van der Waals surface area contributed by atoms with Crippen LogP contribution in [0.4, 0.5) is 4.79 Å². The molecular weight excluding hydrogens is 194 g/mol. The van der Waals surface area contributed by atoms with Gasteiger partial charge in [0.25, 0.3) is 0 Å². The third-order valence-corrected chi connectivity index (χ3v) is 4.26. The lowest BCUT2D eigenvalue weighted by Crippen LogP contribution is -2.57. The highest BCUT2D eigenvalue weighted by Gasteiger charge is 2.56. The number of carbonyl (C=O) groups is 2. The lowest BCUT2D eigenvalue weighted by molar-refractivity contribution is -0.160. The van der Waals surface area contributed by atoms with Crippen molar-refractivity contribution in [2.45, 2.75) is 37.7 Å². The van der Waals surface area contributed by atoms with E-state index in [0.717, 1.165) is 19.3 Å². The second-order valence-corrected chi connectivity index (χ2v) is 5.35. The molecule has 4 bridgehead atoms. The van der Waals surface area contributed by atoms with Crippen LogP contribution in [0.1, 0.15) is 32.1 Å². The number of ether oxygens (including phenoxy) is 1. The molecule has 0 radical (unpaired) electrons. The van der Waals surface area contributed by atoms with E-state index in [1.807, 2.05) is 0 Å². The van der Waals surface area contributed by atoms with Crippen molar-refractivity contribution in [3.05, 3.63) is 0 Å². The highest BCUT2D eigenvalue weighted by atomic mass is 16.6. The number of nitrogens with two attached hydrogens (primary N) is 1. The van der Waals surface area contributed by atoms with E-state index in [1.165, 1.54) is 0 Å². The van der Waals surface area contributed by atoms with E-state index in [0.29, 0.717) is 24.5 Å². The predicted octanol–water partition coefficient (Wildman–Crippen LogP) is 1.23. The maximum absolute atomic E-state index is 11.8. The molecule has 0 aromatic rings. The van der Waals surface area contributed by atoms with Crippen LogP contribution in [0, 0.1) is 17.8 Å². The first-order valence-corrected chi connectivity index (χ1v) is 5.60. The number of hydrogen-bond donors (Lipinski definition) is 1. The van der Waals surface area contributed by atoms with Gasteiger partial charge in [-0.1, -0.05) is 0 Å². The Morgan fingerprint density at radius 2 is 1.87 bits per heavy atom. The summed E-state index contributed by atoms with van der Waals surface area (Å²) in [6.07, 6.45) is 3.64. The van der Waals surface area contributed by atoms with Gasteiger partial charge in [-0.25, -0.2) is 4.79 Å². The smallest absolute Gasteiger partial charge is 0.405 e. The lowest BCUT2D eigenvalue weighted by Gasteiger charge is -2.54. The molecule has 0 heterocycles. The fourth-order valence-corrected chi connectivity index (χ4v) is 4.01. The van der Waals surface area contributed by atoms with E-state index < -0.39 is 11.7 Å². The summed E-state index contributed by atoms with van der Waals surface area (Å²) in [5.41, 5.74) is 4.71. The van der Waals surface area contributed by atoms with Crippen molar-refractivity contribution in [2.24, 2.45) is 23.5 Å². The van der Waals surface area contributed by atoms with Gasteiger partial charge in [-0.05, 0) is 38.0 Å². The van der Waals surface area contributed by atoms with E-state index >= 15 is 0 Å². The average Bonchev–Trinajstić information content (AvgIpc) is 2.10. The number of ketones is 1. The summed E-state index contributed by atoms with van der Waals surface area (Å²) in [5.74, 6) is 1.24. The minimum Gasteiger partial charge on any atom is -0.443 e. The molecule has 4 fully saturated rings. The molecule has 4 atom stereocenters. The zero-order valence-corrected chi connectivity index (χ0v) is 8.57. The van der Waals surface area contributed by atoms with Gasteiger partial charge < -0.3 is 10.5 Å². The van der Waals surface area contributed by atoms with E-state index in [-0.39, 0.29) is 11.8 Å². The topological polar surface area (TPSA) is 69.4 Å². The first-order chi connectivity index (χ1) is 7.08. The van der Waals surface area contributed by atoms with Crippen LogP contribution in [0.5, 0.6) is 0 Å². The molecular formula is C11H15NO3. The van der Waals surface area contributed by atoms with E-state index in [9.17, 15) is 9.59 Å². The van der Waals surface area contributed by atoms with Crippen LogP contribution in [0.25, 0.3) is 0 Å². The van der Waals surface area contributed by atoms with Crippen molar-refractivity contribution in [1.29, 1.82) is 0 Å². The van der Waals surface area contributed by atoms with E-state index in [1.54, 1.807) is 0 Å². The van der Waals surface area contributed by atoms with Gasteiger partial charge in [0.1, 0.15) is 11.4 Å². The second-order valence-electron chi connectivity index (χ2n) is 5.35. The molecule has 4 rings (SSSR count). The molecule has 0 spiro atoms. The first kappa shape index (κ1) is 9.19. The van der Waals surface area contributed by atoms with Crippen molar-refractivity contribution in [1.82, 2.24) is 0 Å². The van der Waals surface area contributed by atoms with Crippen LogP contribution < -0.4 is 5.73 Å². The molecule has 82 valence electrons. The van der Waals surface area contributed by atoms with Crippen LogP contribution >= 0.6 is 0 Å². The molecule has 1 amide bonds. The van der Waals surface area contributed by atoms with Crippen LogP contribution in [0.2, 0.25) is 0 Å². The zero-order valence-electron chi connectivity index (χ0n) is 8.57. The minimum absolute atomic E-state index is 0.135. The SMILES string of the molecule is NC(=O)OC12CC3C[C@H](C1)C(=O)[C@@H](C3)C2. The Morgan fingerprint density at radius 3 is 2.40 bits per heavy atom. The van der Waals surface area contributed by atoms with Crippen molar-refractivity contribution in [2.75, 3.05) is 0 Å². The van der Waals surface area contributed by atoms with Crippen molar-refractivity contribution < 1.29 is 14.3 Å². The summed E-state index contributed by atoms with van der Waals surface area (Å²) in [4.78, 5) is 22.7. The summed E-state index contributed by atoms with van der Waals surface area (Å²) in [6.45, 7) is 0. The molecule has 0 saturated heterocycles. The van der Waals surface area contributed by atoms with Gasteiger partial charge in [0, 0.05) is 11.8 Å². The third kappa shape index (κ3) is 1.27. The molecule has 0 aromatic heterocycles. The maximum atomic E-state index is 11.8. The van der Waals surface area contributed by atoms with Crippen LogP contribution in [-0.2, 0) is 9.53 Å². The molecule has 4 nitrogen and oxygen atoms in total. The summed E-state index contributed by atoms with van der Waals surface area (Å²) in [5, 5.41) is 0. The number of hydrogen-bond acceptors (Lipinski definition) is 3. The third-order valence-electron chi connectivity index (χ3n) is 4.26. The fraction of sp³-hybridized carbons (Fsp3) is 0.818. The number of rotatable bonds is 1. The van der Waals surface area contributed by atoms with Crippen molar-refractivity contribution in [3.8, 4) is 0 Å². The molecule has 2 unspecified atom stereocenters. The number of primary amides is 1. The molecule has 2 N–H and O–H groups in total. The molecule has 0 aromatic carbocycles. The van der Waals surface area contributed by atoms with Gasteiger partial charge in [0.2, 0.25) is 0 Å². The Bertz CT molecular complexity index is 321. The minimum atomic E-state index is -0.690. The fourth-order valence-electron chi connectivity index (χ4n) is 4.01. The quantitative estimate of drug-likeness (QED) is 0.706. The molecule has 4 aliphatic carbocycles. The summed E-state index contributed by atoms with van der Waals surface area (Å²) >= 11 is 0. The van der Waals surface area contributed by atoms with Gasteiger partial charge in [-0.15, -0.1) is 0 Å². The Kier molecular flexibility index (Phi) is 1.68. The van der Waals surface area contributed by atoms with Crippen LogP contribution in [0.15, 0.2) is 0 Å². The number of amides is 1. The Balaban J connectivity index is 1.89. The summed E-state index contributed by atoms with van der Waals surface area (Å²) < 4.78 is 5.29. The van der Waals surface area contributed by atoms with Gasteiger partial charge in [0.05, 0.1) is 0 Å². The molecule has 15 heavy (non-hydrogen) atoms. The first-order valence-electron chi connectivity index (χ1n) is 5.60. The van der Waals surface area contributed by atoms with Crippen LogP contribution in [-0.4, -0.2) is 17.5 Å². The standard InChI is InChI=1S/C11H15NO3/c12-10(14)15-11-3-6-1-7(4-11)9(13)8(2-6)5-11/h6-8H,1-5H2,(H2,12,14)/t6?,7-,8+,11?. The largest absolute Gasteiger partial charge is 0.443 e. The number of Topliss-reactive ketones (excluding diaryl/α,β-unsaturated/α-hetero) is 1. The maximum Gasteiger partial charge on any atom is 0.405 e. The Hall–Kier alpha value is -1.06. The highest BCUT2D eigenvalue weighted by molar-refractivity contribution is 5.86. The molecule has 4 aliphatic rings. The summed E-state index contributed by atoms with van der Waals surface area (Å²) in [6, 6.07) is 0. The molecule has 4 saturated carbocycles. The van der Waals surface area contributed by atoms with Crippen LogP contribution in [0.3, 0.4) is 0 Å². The molecule has 4 heteroatoms. The van der Waals surface area contributed by atoms with Gasteiger partial charge in [0.15, 0.2) is 0 Å². The number of carbonyl (C=O) groups excluding carboxylic acids is 2. The second kappa shape index (κ2) is 2.74. The molecule has 0 aliphatic heterocycles. The van der Waals surface area contributed by atoms with Gasteiger partial charge >= 0.3 is 6.09 Å². The highest BCUT2D eigenvalue weighted by Crippen LogP contribution is 2.55. The lowest BCUT2D eigenvalue weighted by atomic mass is 9.53. The average molecular weight is 209 g/mol. The van der Waals surface area contributed by atoms with Gasteiger partial charge in [-0.2, -0.15) is 0 Å². The Morgan fingerprint density at radius 1 is 1.27 bits per heavy atom. The van der Waals surface area contributed by atoms with Crippen molar-refractivity contribution >= 4 is 11.9 Å². The Labute approximate surface area is 88.1 Å². The monoisotopic (exact) mass is 209 g/mol. The van der Waals surface area contributed by atoms with E-state index in [2.05, 4.69) is 0 Å². The normalized spacial score (nSPS) is 46.9. The zero-order chi connectivity index (χ0) is 10.6. The van der Waals surface area contributed by atoms with Crippen molar-refractivity contribution in [3.63, 3.8) is 0 Å². The predicted molar refractivity (Wildman–Crippen MR) is 52.0 cm³/mol. The van der Waals surface area contributed by atoms with Gasteiger partial charge in [-0.3, -0.25) is 4.79 Å². The summed E-state index contributed by atoms with van der Waals surface area (Å²) in [7, 11) is 0.